The number of aromatic nitrogens is 3. The SMILES string of the molecule is O=C(N[C@H]1CC[C@H](CO)CC1)c1cc(C2CC2)nc(-c2cncs2)n1. The molecular weight excluding hydrogens is 336 g/mol. The molecule has 132 valence electrons. The molecule has 2 N–H and O–H groups in total. The second-order valence-corrected chi connectivity index (χ2v) is 7.90. The number of nitrogens with one attached hydrogen (secondary N) is 1. The third kappa shape index (κ3) is 3.88. The highest BCUT2D eigenvalue weighted by atomic mass is 32.1. The largest absolute Gasteiger partial charge is 0.396 e. The zero-order chi connectivity index (χ0) is 17.2. The summed E-state index contributed by atoms with van der Waals surface area (Å²) >= 11 is 1.48. The van der Waals surface area contributed by atoms with Gasteiger partial charge in [0.15, 0.2) is 5.82 Å². The number of thiazole rings is 1. The Morgan fingerprint density at radius 3 is 2.64 bits per heavy atom. The van der Waals surface area contributed by atoms with Gasteiger partial charge in [-0.3, -0.25) is 9.78 Å². The van der Waals surface area contributed by atoms with Crippen LogP contribution in [0.15, 0.2) is 17.8 Å². The minimum atomic E-state index is -0.123. The lowest BCUT2D eigenvalue weighted by Crippen LogP contribution is -2.38. The summed E-state index contributed by atoms with van der Waals surface area (Å²) in [5.74, 6) is 1.32. The normalized spacial score (nSPS) is 23.4. The molecule has 0 radical (unpaired) electrons. The standard InChI is InChI=1S/C18H22N4O2S/c23-9-11-1-5-13(6-2-11)20-18(24)15-7-14(12-3-4-12)21-17(22-15)16-8-19-10-25-16/h7-8,10-13,23H,1-6,9H2,(H,20,24)/t11-,13-. The Hall–Kier alpha value is -1.86. The van der Waals surface area contributed by atoms with Crippen LogP contribution in [-0.2, 0) is 0 Å². The summed E-state index contributed by atoms with van der Waals surface area (Å²) in [6.45, 7) is 0.246. The minimum Gasteiger partial charge on any atom is -0.396 e. The van der Waals surface area contributed by atoms with Gasteiger partial charge in [0.1, 0.15) is 5.69 Å². The van der Waals surface area contributed by atoms with Crippen molar-refractivity contribution in [3.63, 3.8) is 0 Å². The number of carbonyl (C=O) groups is 1. The van der Waals surface area contributed by atoms with E-state index in [2.05, 4.69) is 20.3 Å². The maximum Gasteiger partial charge on any atom is 0.270 e. The van der Waals surface area contributed by atoms with Crippen molar-refractivity contribution in [1.29, 1.82) is 0 Å². The molecule has 6 nitrogen and oxygen atoms in total. The lowest BCUT2D eigenvalue weighted by atomic mass is 9.86. The third-order valence-corrected chi connectivity index (χ3v) is 5.84. The van der Waals surface area contributed by atoms with Crippen LogP contribution in [0.4, 0.5) is 0 Å². The zero-order valence-electron chi connectivity index (χ0n) is 14.0. The van der Waals surface area contributed by atoms with Gasteiger partial charge in [-0.15, -0.1) is 11.3 Å². The van der Waals surface area contributed by atoms with E-state index in [-0.39, 0.29) is 18.6 Å². The highest BCUT2D eigenvalue weighted by Crippen LogP contribution is 2.39. The molecule has 2 heterocycles. The zero-order valence-corrected chi connectivity index (χ0v) is 14.8. The van der Waals surface area contributed by atoms with Gasteiger partial charge in [-0.25, -0.2) is 9.97 Å². The summed E-state index contributed by atoms with van der Waals surface area (Å²) < 4.78 is 0. The second kappa shape index (κ2) is 7.17. The number of carbonyl (C=O) groups excluding carboxylic acids is 1. The summed E-state index contributed by atoms with van der Waals surface area (Å²) in [4.78, 5) is 26.8. The number of nitrogens with zero attached hydrogens (tertiary/aromatic N) is 3. The Kier molecular flexibility index (Phi) is 4.76. The number of hydrogen-bond acceptors (Lipinski definition) is 6. The van der Waals surface area contributed by atoms with Gasteiger partial charge in [-0.05, 0) is 50.5 Å². The Bertz CT molecular complexity index is 738. The van der Waals surface area contributed by atoms with E-state index in [1.807, 2.05) is 6.07 Å². The molecule has 0 atom stereocenters. The van der Waals surface area contributed by atoms with Crippen molar-refractivity contribution in [3.8, 4) is 10.7 Å². The van der Waals surface area contributed by atoms with Crippen molar-refractivity contribution < 1.29 is 9.90 Å². The average molecular weight is 358 g/mol. The summed E-state index contributed by atoms with van der Waals surface area (Å²) in [5.41, 5.74) is 3.17. The fraction of sp³-hybridized carbons (Fsp3) is 0.556. The molecule has 25 heavy (non-hydrogen) atoms. The second-order valence-electron chi connectivity index (χ2n) is 7.02. The summed E-state index contributed by atoms with van der Waals surface area (Å²) in [5, 5.41) is 12.4. The molecule has 0 aromatic carbocycles. The van der Waals surface area contributed by atoms with E-state index in [1.165, 1.54) is 11.3 Å². The highest BCUT2D eigenvalue weighted by molar-refractivity contribution is 7.13. The maximum absolute atomic E-state index is 12.7. The van der Waals surface area contributed by atoms with E-state index < -0.39 is 0 Å². The van der Waals surface area contributed by atoms with Crippen LogP contribution in [0.3, 0.4) is 0 Å². The highest BCUT2D eigenvalue weighted by Gasteiger charge is 2.28. The molecule has 0 unspecified atom stereocenters. The van der Waals surface area contributed by atoms with Crippen molar-refractivity contribution in [2.75, 3.05) is 6.61 Å². The Morgan fingerprint density at radius 2 is 2.00 bits per heavy atom. The molecule has 2 aromatic rings. The van der Waals surface area contributed by atoms with Gasteiger partial charge in [-0.1, -0.05) is 0 Å². The molecule has 0 bridgehead atoms. The molecule has 2 fully saturated rings. The van der Waals surface area contributed by atoms with E-state index in [4.69, 9.17) is 0 Å². The molecular formula is C18H22N4O2S. The number of aliphatic hydroxyl groups is 1. The Balaban J connectivity index is 1.51. The number of aliphatic hydroxyl groups excluding tert-OH is 1. The van der Waals surface area contributed by atoms with Crippen molar-refractivity contribution in [3.05, 3.63) is 29.2 Å². The van der Waals surface area contributed by atoms with Crippen LogP contribution in [0, 0.1) is 5.92 Å². The van der Waals surface area contributed by atoms with Gasteiger partial charge >= 0.3 is 0 Å². The van der Waals surface area contributed by atoms with Crippen LogP contribution in [0.2, 0.25) is 0 Å². The number of amides is 1. The molecule has 2 aliphatic rings. The predicted molar refractivity (Wildman–Crippen MR) is 95.4 cm³/mol. The molecule has 0 spiro atoms. The van der Waals surface area contributed by atoms with Crippen molar-refractivity contribution >= 4 is 17.2 Å². The quantitative estimate of drug-likeness (QED) is 0.858. The molecule has 2 aromatic heterocycles. The molecule has 2 aliphatic carbocycles. The molecule has 0 saturated heterocycles. The molecule has 1 amide bonds. The summed E-state index contributed by atoms with van der Waals surface area (Å²) in [6, 6.07) is 2.01. The lowest BCUT2D eigenvalue weighted by molar-refractivity contribution is 0.0908. The predicted octanol–water partition coefficient (Wildman–Crippen LogP) is 2.76. The van der Waals surface area contributed by atoms with Gasteiger partial charge in [0, 0.05) is 30.5 Å². The van der Waals surface area contributed by atoms with E-state index in [0.29, 0.717) is 23.4 Å². The number of hydrogen-bond donors (Lipinski definition) is 2. The van der Waals surface area contributed by atoms with E-state index in [1.54, 1.807) is 11.7 Å². The Labute approximate surface area is 150 Å². The van der Waals surface area contributed by atoms with Gasteiger partial charge in [-0.2, -0.15) is 0 Å². The van der Waals surface area contributed by atoms with Gasteiger partial charge in [0.05, 0.1) is 10.4 Å². The molecule has 0 aliphatic heterocycles. The van der Waals surface area contributed by atoms with Gasteiger partial charge in [0.25, 0.3) is 5.91 Å². The van der Waals surface area contributed by atoms with E-state index >= 15 is 0 Å². The van der Waals surface area contributed by atoms with Crippen LogP contribution < -0.4 is 5.32 Å². The first kappa shape index (κ1) is 16.6. The topological polar surface area (TPSA) is 88.0 Å². The first-order valence-corrected chi connectivity index (χ1v) is 9.80. The summed E-state index contributed by atoms with van der Waals surface area (Å²) in [6.07, 6.45) is 7.76. The van der Waals surface area contributed by atoms with Crippen LogP contribution >= 0.6 is 11.3 Å². The van der Waals surface area contributed by atoms with E-state index in [0.717, 1.165) is 49.1 Å². The first-order chi connectivity index (χ1) is 12.2. The van der Waals surface area contributed by atoms with E-state index in [9.17, 15) is 9.90 Å². The smallest absolute Gasteiger partial charge is 0.270 e. The molecule has 2 saturated carbocycles. The van der Waals surface area contributed by atoms with Crippen molar-refractivity contribution in [2.24, 2.45) is 5.92 Å². The van der Waals surface area contributed by atoms with Crippen LogP contribution in [-0.4, -0.2) is 38.6 Å². The monoisotopic (exact) mass is 358 g/mol. The van der Waals surface area contributed by atoms with Crippen molar-refractivity contribution in [2.45, 2.75) is 50.5 Å². The van der Waals surface area contributed by atoms with Gasteiger partial charge in [0.2, 0.25) is 0 Å². The molecule has 7 heteroatoms. The fourth-order valence-corrected chi connectivity index (χ4v) is 3.91. The van der Waals surface area contributed by atoms with Crippen LogP contribution in [0.25, 0.3) is 10.7 Å². The van der Waals surface area contributed by atoms with Crippen molar-refractivity contribution in [1.82, 2.24) is 20.3 Å². The number of rotatable bonds is 5. The third-order valence-electron chi connectivity index (χ3n) is 5.07. The lowest BCUT2D eigenvalue weighted by Gasteiger charge is -2.27. The van der Waals surface area contributed by atoms with Gasteiger partial charge < -0.3 is 10.4 Å². The van der Waals surface area contributed by atoms with Crippen LogP contribution in [0.5, 0.6) is 0 Å². The summed E-state index contributed by atoms with van der Waals surface area (Å²) in [7, 11) is 0. The minimum absolute atomic E-state index is 0.123. The Morgan fingerprint density at radius 1 is 1.20 bits per heavy atom. The van der Waals surface area contributed by atoms with Crippen LogP contribution in [0.1, 0.15) is 60.6 Å². The first-order valence-electron chi connectivity index (χ1n) is 8.92. The molecule has 4 rings (SSSR count). The fourth-order valence-electron chi connectivity index (χ4n) is 3.36. The maximum atomic E-state index is 12.7. The average Bonchev–Trinajstić information content (AvgIpc) is 3.36.